The van der Waals surface area contributed by atoms with Crippen molar-refractivity contribution in [3.63, 3.8) is 0 Å². The highest BCUT2D eigenvalue weighted by atomic mass is 19.4. The zero-order chi connectivity index (χ0) is 34.3. The molecule has 0 spiro atoms. The molecule has 0 aliphatic carbocycles. The summed E-state index contributed by atoms with van der Waals surface area (Å²) < 4.78 is 81.4. The van der Waals surface area contributed by atoms with Gasteiger partial charge in [0.2, 0.25) is 0 Å². The van der Waals surface area contributed by atoms with E-state index in [1.807, 2.05) is 4.57 Å². The predicted molar refractivity (Wildman–Crippen MR) is 168 cm³/mol. The molecule has 0 saturated carbocycles. The van der Waals surface area contributed by atoms with Crippen molar-refractivity contribution in [1.29, 1.82) is 0 Å². The Hall–Kier alpha value is -5.77. The van der Waals surface area contributed by atoms with Gasteiger partial charge in [-0.15, -0.1) is 0 Å². The van der Waals surface area contributed by atoms with Crippen molar-refractivity contribution < 1.29 is 31.5 Å². The van der Waals surface area contributed by atoms with Gasteiger partial charge in [-0.3, -0.25) is 9.36 Å². The van der Waals surface area contributed by atoms with Crippen molar-refractivity contribution in [1.82, 2.24) is 34.1 Å². The molecule has 1 unspecified atom stereocenters. The number of ether oxygens (including phenoxy) is 1. The Morgan fingerprint density at radius 2 is 1.86 bits per heavy atom. The maximum Gasteiger partial charge on any atom is 0.416 e. The third-order valence-electron chi connectivity index (χ3n) is 7.99. The van der Waals surface area contributed by atoms with Crippen molar-refractivity contribution in [2.45, 2.75) is 38.6 Å². The van der Waals surface area contributed by atoms with E-state index in [0.29, 0.717) is 40.8 Å². The number of aryl methyl sites for hydroxylation is 1. The number of hydrogen-bond donors (Lipinski definition) is 2. The minimum atomic E-state index is -4.78. The Balaban J connectivity index is 1.20. The number of nitrogens with one attached hydrogen (secondary N) is 2. The number of fused-ring (bicyclic) bond motifs is 1. The molecule has 1 aliphatic heterocycles. The Kier molecular flexibility index (Phi) is 8.23. The van der Waals surface area contributed by atoms with Crippen molar-refractivity contribution in [3.05, 3.63) is 102 Å². The lowest BCUT2D eigenvalue weighted by Crippen LogP contribution is -2.17. The fraction of sp³-hybridized carbons (Fsp3) is 0.212. The summed E-state index contributed by atoms with van der Waals surface area (Å²) in [4.78, 5) is 34.8. The molecular weight excluding hydrogens is 649 g/mol. The van der Waals surface area contributed by atoms with Crippen LogP contribution in [0, 0.1) is 18.6 Å². The second-order valence-corrected chi connectivity index (χ2v) is 11.3. The van der Waals surface area contributed by atoms with E-state index >= 15 is 8.78 Å². The molecule has 0 bridgehead atoms. The summed E-state index contributed by atoms with van der Waals surface area (Å²) >= 11 is 0. The molecule has 1 fully saturated rings. The van der Waals surface area contributed by atoms with Crippen molar-refractivity contribution in [2.75, 3.05) is 17.2 Å². The van der Waals surface area contributed by atoms with Crippen LogP contribution in [0.1, 0.15) is 47.1 Å². The molecule has 6 aromatic rings. The third-order valence-corrected chi connectivity index (χ3v) is 7.99. The number of imidazole rings is 2. The highest BCUT2D eigenvalue weighted by Gasteiger charge is 2.32. The number of rotatable bonds is 7. The molecule has 1 aliphatic rings. The number of anilines is 3. The van der Waals surface area contributed by atoms with Crippen LogP contribution < -0.4 is 10.6 Å². The van der Waals surface area contributed by atoms with Gasteiger partial charge in [0, 0.05) is 35.8 Å². The topological polar surface area (TPSA) is 125 Å². The number of carbonyl (C=O) groups excluding carboxylic acids is 1. The fourth-order valence-corrected chi connectivity index (χ4v) is 5.59. The van der Waals surface area contributed by atoms with E-state index in [1.165, 1.54) is 35.7 Å². The van der Waals surface area contributed by atoms with Gasteiger partial charge < -0.3 is 19.9 Å². The number of carbonyl (C=O) groups is 1. The van der Waals surface area contributed by atoms with Crippen LogP contribution in [-0.2, 0) is 10.9 Å². The third kappa shape index (κ3) is 6.29. The number of alkyl halides is 3. The first-order valence-corrected chi connectivity index (χ1v) is 15.1. The second kappa shape index (κ2) is 12.7. The molecule has 2 N–H and O–H groups in total. The zero-order valence-electron chi connectivity index (χ0n) is 25.7. The Labute approximate surface area is 274 Å². The van der Waals surface area contributed by atoms with Gasteiger partial charge in [0.05, 0.1) is 29.6 Å². The average molecular weight is 676 g/mol. The molecule has 1 saturated heterocycles. The van der Waals surface area contributed by atoms with Crippen LogP contribution in [0.4, 0.5) is 39.1 Å². The summed E-state index contributed by atoms with van der Waals surface area (Å²) in [5.41, 5.74) is -0.481. The molecule has 1 atom stereocenters. The smallest absolute Gasteiger partial charge is 0.358 e. The molecule has 2 aromatic carbocycles. The van der Waals surface area contributed by atoms with Gasteiger partial charge >= 0.3 is 6.18 Å². The first-order chi connectivity index (χ1) is 23.6. The van der Waals surface area contributed by atoms with Crippen LogP contribution >= 0.6 is 0 Å². The number of halogens is 5. The predicted octanol–water partition coefficient (Wildman–Crippen LogP) is 7.37. The lowest BCUT2D eigenvalue weighted by atomic mass is 10.1. The van der Waals surface area contributed by atoms with Crippen LogP contribution in [0.25, 0.3) is 28.1 Å². The van der Waals surface area contributed by atoms with Crippen LogP contribution in [0.3, 0.4) is 0 Å². The van der Waals surface area contributed by atoms with E-state index in [0.717, 1.165) is 37.5 Å². The standard InChI is InChI=1S/C33H26F5N9O2/c1-18-14-46(16-42-18)21-12-19(11-20(13-21)33(36,37)38)32(48)44-24-8-7-23(34)28(26(24)35)45-30-22(5-4-9-39-30)27-29-31(41-15-40-27)47(17-43-29)25-6-2-3-10-49-25/h4-5,7-9,11-17,25H,2-3,6,10H2,1H3,(H,39,45)(H,44,48). The van der Waals surface area contributed by atoms with Crippen LogP contribution in [0.15, 0.2) is 73.8 Å². The number of benzene rings is 2. The number of aromatic nitrogens is 7. The molecule has 16 heteroatoms. The normalized spacial score (nSPS) is 15.0. The quantitative estimate of drug-likeness (QED) is 0.168. The molecule has 7 rings (SSSR count). The SMILES string of the molecule is Cc1cn(-c2cc(C(=O)Nc3ccc(F)c(Nc4ncccc4-c4ncnc5c4ncn5C4CCCCO4)c3F)cc(C(F)(F)F)c2)cn1. The number of amides is 1. The summed E-state index contributed by atoms with van der Waals surface area (Å²) in [6.45, 7) is 2.27. The van der Waals surface area contributed by atoms with Gasteiger partial charge in [-0.2, -0.15) is 13.2 Å². The fourth-order valence-electron chi connectivity index (χ4n) is 5.59. The van der Waals surface area contributed by atoms with Gasteiger partial charge in [-0.05, 0) is 68.7 Å². The summed E-state index contributed by atoms with van der Waals surface area (Å²) in [6, 6.07) is 7.85. The van der Waals surface area contributed by atoms with E-state index in [1.54, 1.807) is 25.4 Å². The van der Waals surface area contributed by atoms with E-state index in [9.17, 15) is 18.0 Å². The first kappa shape index (κ1) is 31.8. The zero-order valence-corrected chi connectivity index (χ0v) is 25.7. The molecule has 0 radical (unpaired) electrons. The van der Waals surface area contributed by atoms with E-state index in [4.69, 9.17) is 4.74 Å². The van der Waals surface area contributed by atoms with Crippen LogP contribution in [0.2, 0.25) is 0 Å². The Morgan fingerprint density at radius 3 is 2.61 bits per heavy atom. The second-order valence-electron chi connectivity index (χ2n) is 11.3. The largest absolute Gasteiger partial charge is 0.416 e. The molecule has 5 heterocycles. The van der Waals surface area contributed by atoms with Crippen molar-refractivity contribution in [3.8, 4) is 16.9 Å². The monoisotopic (exact) mass is 675 g/mol. The molecular formula is C33H26F5N9O2. The molecule has 4 aromatic heterocycles. The minimum Gasteiger partial charge on any atom is -0.358 e. The lowest BCUT2D eigenvalue weighted by Gasteiger charge is -2.23. The number of nitrogens with zero attached hydrogens (tertiary/aromatic N) is 7. The summed E-state index contributed by atoms with van der Waals surface area (Å²) in [5.74, 6) is -3.27. The molecule has 1 amide bonds. The maximum absolute atomic E-state index is 15.9. The highest BCUT2D eigenvalue weighted by Crippen LogP contribution is 2.36. The molecule has 11 nitrogen and oxygen atoms in total. The number of pyridine rings is 1. The van der Waals surface area contributed by atoms with Gasteiger partial charge in [0.1, 0.15) is 41.1 Å². The van der Waals surface area contributed by atoms with Gasteiger partial charge in [-0.25, -0.2) is 33.7 Å². The maximum atomic E-state index is 15.9. The highest BCUT2D eigenvalue weighted by molar-refractivity contribution is 6.05. The molecule has 250 valence electrons. The summed E-state index contributed by atoms with van der Waals surface area (Å²) in [5, 5.41) is 4.94. The lowest BCUT2D eigenvalue weighted by molar-refractivity contribution is -0.137. The first-order valence-electron chi connectivity index (χ1n) is 15.1. The van der Waals surface area contributed by atoms with Gasteiger partial charge in [-0.1, -0.05) is 0 Å². The summed E-state index contributed by atoms with van der Waals surface area (Å²) in [6.07, 6.45) is 4.87. The van der Waals surface area contributed by atoms with E-state index in [-0.39, 0.29) is 17.7 Å². The average Bonchev–Trinajstić information content (AvgIpc) is 3.74. The Morgan fingerprint density at radius 1 is 1.00 bits per heavy atom. The molecule has 49 heavy (non-hydrogen) atoms. The van der Waals surface area contributed by atoms with Crippen molar-refractivity contribution >= 4 is 34.3 Å². The van der Waals surface area contributed by atoms with Crippen LogP contribution in [-0.4, -0.2) is 46.6 Å². The Bertz CT molecular complexity index is 2190. The van der Waals surface area contributed by atoms with Crippen molar-refractivity contribution in [2.24, 2.45) is 0 Å². The van der Waals surface area contributed by atoms with Gasteiger partial charge in [0.25, 0.3) is 5.91 Å². The number of hydrogen-bond acceptors (Lipinski definition) is 8. The van der Waals surface area contributed by atoms with E-state index < -0.39 is 46.2 Å². The summed E-state index contributed by atoms with van der Waals surface area (Å²) in [7, 11) is 0. The van der Waals surface area contributed by atoms with E-state index in [2.05, 4.69) is 35.6 Å². The van der Waals surface area contributed by atoms with Crippen LogP contribution in [0.5, 0.6) is 0 Å². The van der Waals surface area contributed by atoms with Gasteiger partial charge in [0.15, 0.2) is 11.5 Å². The minimum absolute atomic E-state index is 0.0140.